The molecule has 0 bridgehead atoms. The molecule has 74 valence electrons. The second-order valence-electron chi connectivity index (χ2n) is 3.06. The predicted octanol–water partition coefficient (Wildman–Crippen LogP) is 1.46. The number of benzene rings is 1. The quantitative estimate of drug-likeness (QED) is 0.626. The van der Waals surface area contributed by atoms with Crippen LogP contribution in [0.4, 0.5) is 5.69 Å². The minimum atomic E-state index is 0.747. The van der Waals surface area contributed by atoms with E-state index in [0.717, 1.165) is 21.0 Å². The monoisotopic (exact) mass is 217 g/mol. The molecule has 0 saturated carbocycles. The molecule has 0 amide bonds. The average molecular weight is 217 g/mol. The molecule has 5 nitrogen and oxygen atoms in total. The Kier molecular flexibility index (Phi) is 1.69. The first-order valence-electron chi connectivity index (χ1n) is 4.34. The Hall–Kier alpha value is -1.95. The maximum absolute atomic E-state index is 5.70. The summed E-state index contributed by atoms with van der Waals surface area (Å²) in [7, 11) is 0. The number of hydrogen-bond donors (Lipinski definition) is 1. The molecule has 1 aromatic carbocycles. The number of nitrogens with two attached hydrogens (primary N) is 1. The van der Waals surface area contributed by atoms with E-state index in [1.165, 1.54) is 17.7 Å². The Balaban J connectivity index is 2.22. The lowest BCUT2D eigenvalue weighted by atomic mass is 10.3. The van der Waals surface area contributed by atoms with Crippen LogP contribution in [0.5, 0.6) is 0 Å². The van der Waals surface area contributed by atoms with Gasteiger partial charge in [0, 0.05) is 5.69 Å². The van der Waals surface area contributed by atoms with Crippen LogP contribution in [0.2, 0.25) is 0 Å². The van der Waals surface area contributed by atoms with Crippen molar-refractivity contribution in [3.8, 4) is 5.13 Å². The third-order valence-electron chi connectivity index (χ3n) is 2.02. The van der Waals surface area contributed by atoms with Gasteiger partial charge in [-0.1, -0.05) is 11.3 Å². The smallest absolute Gasteiger partial charge is 0.212 e. The zero-order chi connectivity index (χ0) is 10.3. The van der Waals surface area contributed by atoms with E-state index in [1.807, 2.05) is 18.2 Å². The number of nitrogen functional groups attached to an aromatic ring is 1. The molecule has 2 aromatic heterocycles. The minimum absolute atomic E-state index is 0.747. The zero-order valence-corrected chi connectivity index (χ0v) is 8.48. The van der Waals surface area contributed by atoms with Gasteiger partial charge in [-0.2, -0.15) is 9.78 Å². The SMILES string of the molecule is Nc1ccc2nc(-n3cncn3)sc2c1. The molecule has 15 heavy (non-hydrogen) atoms. The lowest BCUT2D eigenvalue weighted by Gasteiger charge is -1.88. The summed E-state index contributed by atoms with van der Waals surface area (Å²) < 4.78 is 2.70. The minimum Gasteiger partial charge on any atom is -0.399 e. The van der Waals surface area contributed by atoms with Crippen LogP contribution in [0.1, 0.15) is 0 Å². The molecule has 0 unspecified atom stereocenters. The first kappa shape index (κ1) is 8.37. The lowest BCUT2D eigenvalue weighted by Crippen LogP contribution is -1.91. The van der Waals surface area contributed by atoms with Gasteiger partial charge in [0.05, 0.1) is 10.2 Å². The van der Waals surface area contributed by atoms with Crippen LogP contribution in [0, 0.1) is 0 Å². The fourth-order valence-corrected chi connectivity index (χ4v) is 2.28. The summed E-state index contributed by atoms with van der Waals surface area (Å²) in [6.45, 7) is 0. The highest BCUT2D eigenvalue weighted by Gasteiger charge is 2.05. The van der Waals surface area contributed by atoms with Crippen molar-refractivity contribution in [3.05, 3.63) is 30.9 Å². The van der Waals surface area contributed by atoms with E-state index < -0.39 is 0 Å². The van der Waals surface area contributed by atoms with E-state index in [-0.39, 0.29) is 0 Å². The summed E-state index contributed by atoms with van der Waals surface area (Å²) in [5.41, 5.74) is 7.37. The zero-order valence-electron chi connectivity index (χ0n) is 7.66. The molecule has 2 heterocycles. The number of rotatable bonds is 1. The van der Waals surface area contributed by atoms with Crippen molar-refractivity contribution >= 4 is 27.2 Å². The molecule has 6 heteroatoms. The van der Waals surface area contributed by atoms with Crippen molar-refractivity contribution < 1.29 is 0 Å². The van der Waals surface area contributed by atoms with Crippen LogP contribution in [0.3, 0.4) is 0 Å². The molecule has 2 N–H and O–H groups in total. The predicted molar refractivity (Wildman–Crippen MR) is 58.9 cm³/mol. The molecular formula is C9H7N5S. The highest BCUT2D eigenvalue weighted by molar-refractivity contribution is 7.20. The fourth-order valence-electron chi connectivity index (χ4n) is 1.33. The Morgan fingerprint density at radius 3 is 3.07 bits per heavy atom. The molecule has 0 atom stereocenters. The molecule has 0 saturated heterocycles. The topological polar surface area (TPSA) is 69.6 Å². The van der Waals surface area contributed by atoms with Crippen molar-refractivity contribution in [1.29, 1.82) is 0 Å². The highest BCUT2D eigenvalue weighted by atomic mass is 32.1. The second kappa shape index (κ2) is 3.03. The van der Waals surface area contributed by atoms with Gasteiger partial charge in [0.25, 0.3) is 0 Å². The summed E-state index contributed by atoms with van der Waals surface area (Å²) in [6, 6.07) is 5.65. The van der Waals surface area contributed by atoms with Gasteiger partial charge in [0.15, 0.2) is 0 Å². The maximum Gasteiger partial charge on any atom is 0.212 e. The summed E-state index contributed by atoms with van der Waals surface area (Å²) >= 11 is 1.54. The van der Waals surface area contributed by atoms with E-state index in [0.29, 0.717) is 0 Å². The Morgan fingerprint density at radius 1 is 1.33 bits per heavy atom. The summed E-state index contributed by atoms with van der Waals surface area (Å²) in [5, 5.41) is 4.83. The van der Waals surface area contributed by atoms with E-state index in [4.69, 9.17) is 5.73 Å². The Morgan fingerprint density at radius 2 is 2.27 bits per heavy atom. The average Bonchev–Trinajstić information content (AvgIpc) is 2.84. The van der Waals surface area contributed by atoms with Gasteiger partial charge >= 0.3 is 0 Å². The summed E-state index contributed by atoms with van der Waals surface area (Å²) in [5.74, 6) is 0. The number of thiazole rings is 1. The van der Waals surface area contributed by atoms with E-state index in [9.17, 15) is 0 Å². The molecule has 0 spiro atoms. The molecule has 0 radical (unpaired) electrons. The fraction of sp³-hybridized carbons (Fsp3) is 0. The standard InChI is InChI=1S/C9H7N5S/c10-6-1-2-7-8(3-6)15-9(13-7)14-5-11-4-12-14/h1-5H,10H2. The molecule has 3 rings (SSSR count). The number of anilines is 1. The van der Waals surface area contributed by atoms with E-state index >= 15 is 0 Å². The van der Waals surface area contributed by atoms with Crippen LogP contribution >= 0.6 is 11.3 Å². The Labute approximate surface area is 89.2 Å². The molecule has 0 aliphatic rings. The van der Waals surface area contributed by atoms with Crippen LogP contribution in [-0.4, -0.2) is 19.7 Å². The molecule has 3 aromatic rings. The molecule has 0 aliphatic carbocycles. The molecule has 0 fully saturated rings. The highest BCUT2D eigenvalue weighted by Crippen LogP contribution is 2.25. The van der Waals surface area contributed by atoms with Gasteiger partial charge in [-0.15, -0.1) is 0 Å². The first-order chi connectivity index (χ1) is 7.33. The van der Waals surface area contributed by atoms with Gasteiger partial charge in [0.1, 0.15) is 12.7 Å². The largest absolute Gasteiger partial charge is 0.399 e. The number of fused-ring (bicyclic) bond motifs is 1. The van der Waals surface area contributed by atoms with E-state index in [2.05, 4.69) is 15.1 Å². The van der Waals surface area contributed by atoms with Crippen molar-refractivity contribution in [3.63, 3.8) is 0 Å². The summed E-state index contributed by atoms with van der Waals surface area (Å²) in [6.07, 6.45) is 3.11. The van der Waals surface area contributed by atoms with Gasteiger partial charge in [-0.25, -0.2) is 9.97 Å². The summed E-state index contributed by atoms with van der Waals surface area (Å²) in [4.78, 5) is 8.30. The first-order valence-corrected chi connectivity index (χ1v) is 5.16. The number of hydrogen-bond acceptors (Lipinski definition) is 5. The third kappa shape index (κ3) is 1.35. The van der Waals surface area contributed by atoms with Gasteiger partial charge in [-0.05, 0) is 18.2 Å². The van der Waals surface area contributed by atoms with Crippen LogP contribution in [0.15, 0.2) is 30.9 Å². The van der Waals surface area contributed by atoms with Gasteiger partial charge in [-0.3, -0.25) is 0 Å². The number of nitrogens with zero attached hydrogens (tertiary/aromatic N) is 4. The van der Waals surface area contributed by atoms with Crippen LogP contribution < -0.4 is 5.73 Å². The number of aromatic nitrogens is 4. The maximum atomic E-state index is 5.70. The van der Waals surface area contributed by atoms with Crippen LogP contribution in [0.25, 0.3) is 15.3 Å². The molecular weight excluding hydrogens is 210 g/mol. The third-order valence-corrected chi connectivity index (χ3v) is 3.02. The second-order valence-corrected chi connectivity index (χ2v) is 4.07. The van der Waals surface area contributed by atoms with Crippen molar-refractivity contribution in [2.75, 3.05) is 5.73 Å². The van der Waals surface area contributed by atoms with Crippen molar-refractivity contribution in [1.82, 2.24) is 19.7 Å². The lowest BCUT2D eigenvalue weighted by molar-refractivity contribution is 0.871. The van der Waals surface area contributed by atoms with E-state index in [1.54, 1.807) is 11.0 Å². The van der Waals surface area contributed by atoms with Crippen molar-refractivity contribution in [2.24, 2.45) is 0 Å². The molecule has 0 aliphatic heterocycles. The van der Waals surface area contributed by atoms with Crippen LogP contribution in [-0.2, 0) is 0 Å². The Bertz CT molecular complexity index is 598. The van der Waals surface area contributed by atoms with Gasteiger partial charge < -0.3 is 5.73 Å². The normalized spacial score (nSPS) is 10.9. The van der Waals surface area contributed by atoms with Crippen molar-refractivity contribution in [2.45, 2.75) is 0 Å². The van der Waals surface area contributed by atoms with Gasteiger partial charge in [0.2, 0.25) is 5.13 Å².